The lowest BCUT2D eigenvalue weighted by Crippen LogP contribution is -2.36. The van der Waals surface area contributed by atoms with E-state index in [-0.39, 0.29) is 30.0 Å². The van der Waals surface area contributed by atoms with Crippen LogP contribution < -0.4 is 5.32 Å². The number of carbonyl (C=O) groups is 1. The van der Waals surface area contributed by atoms with Crippen LogP contribution in [0.4, 0.5) is 5.82 Å². The number of nitrogens with zero attached hydrogens (tertiary/aromatic N) is 2. The summed E-state index contributed by atoms with van der Waals surface area (Å²) in [4.78, 5) is 14.8. The Balaban J connectivity index is 0.00000210. The van der Waals surface area contributed by atoms with Gasteiger partial charge in [0, 0.05) is 16.9 Å². The Morgan fingerprint density at radius 1 is 1.22 bits per heavy atom. The zero-order valence-electron chi connectivity index (χ0n) is 15.1. The predicted molar refractivity (Wildman–Crippen MR) is 109 cm³/mol. The third-order valence-corrected chi connectivity index (χ3v) is 5.11. The summed E-state index contributed by atoms with van der Waals surface area (Å²) >= 11 is 0. The highest BCUT2D eigenvalue weighted by Crippen LogP contribution is 2.32. The average molecular weight is 387 g/mol. The van der Waals surface area contributed by atoms with Crippen molar-refractivity contribution in [2.75, 3.05) is 25.5 Å². The van der Waals surface area contributed by atoms with Crippen molar-refractivity contribution in [1.29, 1.82) is 0 Å². The van der Waals surface area contributed by atoms with Gasteiger partial charge in [-0.3, -0.25) is 9.89 Å². The second-order valence-electron chi connectivity index (χ2n) is 6.92. The molecule has 3 N–H and O–H groups in total. The molecule has 1 amide bonds. The molecule has 0 unspecified atom stereocenters. The van der Waals surface area contributed by atoms with Gasteiger partial charge in [-0.15, -0.1) is 12.4 Å². The summed E-state index contributed by atoms with van der Waals surface area (Å²) in [5, 5.41) is 21.1. The number of phenolic OH excluding ortho intramolecular Hbond substituents is 1. The zero-order valence-corrected chi connectivity index (χ0v) is 15.9. The number of aromatic hydroxyl groups is 1. The summed E-state index contributed by atoms with van der Waals surface area (Å²) in [6, 6.07) is 13.0. The lowest BCUT2D eigenvalue weighted by molar-refractivity contribution is -0.121. The zero-order chi connectivity index (χ0) is 18.1. The molecule has 27 heavy (non-hydrogen) atoms. The van der Waals surface area contributed by atoms with Gasteiger partial charge in [-0.05, 0) is 56.7 Å². The van der Waals surface area contributed by atoms with Crippen LogP contribution in [0.1, 0.15) is 12.8 Å². The van der Waals surface area contributed by atoms with E-state index in [1.54, 1.807) is 12.1 Å². The molecule has 0 saturated carbocycles. The molecule has 1 aromatic heterocycles. The molecule has 7 heteroatoms. The van der Waals surface area contributed by atoms with Crippen LogP contribution in [-0.4, -0.2) is 46.2 Å². The molecular weight excluding hydrogens is 364 g/mol. The average Bonchev–Trinajstić information content (AvgIpc) is 3.05. The molecule has 1 aliphatic heterocycles. The number of likely N-dealkylation sites (tertiary alicyclic amines) is 1. The second-order valence-corrected chi connectivity index (χ2v) is 6.92. The van der Waals surface area contributed by atoms with Crippen LogP contribution in [0.2, 0.25) is 0 Å². The fourth-order valence-electron chi connectivity index (χ4n) is 3.48. The molecule has 2 heterocycles. The highest BCUT2D eigenvalue weighted by atomic mass is 35.5. The number of amides is 1. The molecule has 0 radical (unpaired) electrons. The van der Waals surface area contributed by atoms with Crippen molar-refractivity contribution in [1.82, 2.24) is 15.1 Å². The van der Waals surface area contributed by atoms with Crippen molar-refractivity contribution < 1.29 is 9.90 Å². The van der Waals surface area contributed by atoms with Crippen LogP contribution in [0.5, 0.6) is 5.75 Å². The minimum Gasteiger partial charge on any atom is -0.507 e. The van der Waals surface area contributed by atoms with Gasteiger partial charge in [-0.25, -0.2) is 0 Å². The second kappa shape index (κ2) is 7.98. The predicted octanol–water partition coefficient (Wildman–Crippen LogP) is 3.64. The highest BCUT2D eigenvalue weighted by molar-refractivity contribution is 6.01. The van der Waals surface area contributed by atoms with Crippen LogP contribution >= 0.6 is 12.4 Å². The minimum atomic E-state index is 0. The number of phenols is 1. The fraction of sp³-hybridized carbons (Fsp3) is 0.300. The summed E-state index contributed by atoms with van der Waals surface area (Å²) in [7, 11) is 2.08. The standard InChI is InChI=1S/C20H22N4O2.ClH/c1-24-10-8-13(9-11-24)20(26)21-19-16-12-14(6-7-17(16)22-23-19)15-4-2-3-5-18(15)25;/h2-7,12-13,25H,8-11H2,1H3,(H2,21,22,23,26);1H. The van der Waals surface area contributed by atoms with Crippen molar-refractivity contribution in [3.8, 4) is 16.9 Å². The van der Waals surface area contributed by atoms with E-state index in [0.717, 1.165) is 48.0 Å². The largest absolute Gasteiger partial charge is 0.507 e. The number of halogens is 1. The molecule has 6 nitrogen and oxygen atoms in total. The van der Waals surface area contributed by atoms with Crippen LogP contribution in [0.25, 0.3) is 22.0 Å². The van der Waals surface area contributed by atoms with Gasteiger partial charge >= 0.3 is 0 Å². The first kappa shape index (κ1) is 19.2. The molecule has 142 valence electrons. The van der Waals surface area contributed by atoms with Crippen molar-refractivity contribution in [3.63, 3.8) is 0 Å². The number of benzene rings is 2. The van der Waals surface area contributed by atoms with Gasteiger partial charge in [0.05, 0.1) is 5.52 Å². The molecule has 0 bridgehead atoms. The summed E-state index contributed by atoms with van der Waals surface area (Å²) in [6.45, 7) is 1.88. The van der Waals surface area contributed by atoms with Gasteiger partial charge in [-0.1, -0.05) is 24.3 Å². The fourth-order valence-corrected chi connectivity index (χ4v) is 3.48. The number of hydrogen-bond donors (Lipinski definition) is 3. The first-order valence-electron chi connectivity index (χ1n) is 8.88. The Hall–Kier alpha value is -2.57. The molecule has 4 rings (SSSR count). The van der Waals surface area contributed by atoms with Gasteiger partial charge in [0.2, 0.25) is 5.91 Å². The first-order chi connectivity index (χ1) is 12.6. The van der Waals surface area contributed by atoms with Gasteiger partial charge in [-0.2, -0.15) is 5.10 Å². The topological polar surface area (TPSA) is 81.2 Å². The number of carbonyl (C=O) groups excluding carboxylic acids is 1. The Labute approximate surface area is 164 Å². The number of H-pyrrole nitrogens is 1. The van der Waals surface area contributed by atoms with Crippen LogP contribution in [0.3, 0.4) is 0 Å². The molecule has 1 fully saturated rings. The Bertz CT molecular complexity index is 948. The van der Waals surface area contributed by atoms with Crippen LogP contribution in [-0.2, 0) is 4.79 Å². The van der Waals surface area contributed by atoms with E-state index < -0.39 is 0 Å². The van der Waals surface area contributed by atoms with Gasteiger partial charge in [0.1, 0.15) is 5.75 Å². The number of aromatic nitrogens is 2. The number of anilines is 1. The van der Waals surface area contributed by atoms with E-state index in [4.69, 9.17) is 0 Å². The summed E-state index contributed by atoms with van der Waals surface area (Å²) in [6.07, 6.45) is 1.74. The van der Waals surface area contributed by atoms with Gasteiger partial charge in [0.25, 0.3) is 0 Å². The number of fused-ring (bicyclic) bond motifs is 1. The Morgan fingerprint density at radius 2 is 1.96 bits per heavy atom. The van der Waals surface area contributed by atoms with Crippen LogP contribution in [0, 0.1) is 5.92 Å². The number of hydrogen-bond acceptors (Lipinski definition) is 4. The summed E-state index contributed by atoms with van der Waals surface area (Å²) < 4.78 is 0. The molecule has 0 aliphatic carbocycles. The lowest BCUT2D eigenvalue weighted by Gasteiger charge is -2.27. The van der Waals surface area contributed by atoms with E-state index in [1.165, 1.54) is 0 Å². The quantitative estimate of drug-likeness (QED) is 0.642. The van der Waals surface area contributed by atoms with Gasteiger partial charge < -0.3 is 15.3 Å². The normalized spacial score (nSPS) is 15.4. The maximum atomic E-state index is 12.6. The lowest BCUT2D eigenvalue weighted by atomic mass is 9.96. The number of para-hydroxylation sites is 1. The van der Waals surface area contributed by atoms with Crippen molar-refractivity contribution in [2.24, 2.45) is 5.92 Å². The maximum Gasteiger partial charge on any atom is 0.228 e. The smallest absolute Gasteiger partial charge is 0.228 e. The third-order valence-electron chi connectivity index (χ3n) is 5.11. The van der Waals surface area contributed by atoms with E-state index in [9.17, 15) is 9.90 Å². The number of rotatable bonds is 3. The Morgan fingerprint density at radius 3 is 2.70 bits per heavy atom. The molecule has 1 aliphatic rings. The first-order valence-corrected chi connectivity index (χ1v) is 8.88. The molecule has 1 saturated heterocycles. The maximum absolute atomic E-state index is 12.6. The minimum absolute atomic E-state index is 0. The Kier molecular flexibility index (Phi) is 5.68. The van der Waals surface area contributed by atoms with Crippen molar-refractivity contribution in [2.45, 2.75) is 12.8 Å². The SMILES string of the molecule is CN1CCC(C(=O)Nc2n[nH]c3ccc(-c4ccccc4O)cc23)CC1.Cl. The molecule has 0 spiro atoms. The van der Waals surface area contributed by atoms with Crippen LogP contribution in [0.15, 0.2) is 42.5 Å². The number of piperidine rings is 1. The molecule has 2 aromatic carbocycles. The number of nitrogens with one attached hydrogen (secondary N) is 2. The monoisotopic (exact) mass is 386 g/mol. The van der Waals surface area contributed by atoms with Crippen molar-refractivity contribution >= 4 is 35.0 Å². The van der Waals surface area contributed by atoms with E-state index in [2.05, 4.69) is 27.5 Å². The summed E-state index contributed by atoms with van der Waals surface area (Å²) in [5.74, 6) is 0.826. The van der Waals surface area contributed by atoms with E-state index in [1.807, 2.05) is 30.3 Å². The third kappa shape index (κ3) is 3.91. The van der Waals surface area contributed by atoms with Gasteiger partial charge in [0.15, 0.2) is 5.82 Å². The molecule has 0 atom stereocenters. The molecule has 3 aromatic rings. The van der Waals surface area contributed by atoms with Crippen molar-refractivity contribution in [3.05, 3.63) is 42.5 Å². The number of aromatic amines is 1. The molecular formula is C20H23ClN4O2. The van der Waals surface area contributed by atoms with E-state index >= 15 is 0 Å². The van der Waals surface area contributed by atoms with E-state index in [0.29, 0.717) is 5.82 Å². The summed E-state index contributed by atoms with van der Waals surface area (Å²) in [5.41, 5.74) is 2.48. The highest BCUT2D eigenvalue weighted by Gasteiger charge is 2.24.